The van der Waals surface area contributed by atoms with E-state index in [9.17, 15) is 9.90 Å². The molecule has 1 atom stereocenters. The molecule has 5 rings (SSSR count). The molecule has 3 N–H and O–H groups in total. The van der Waals surface area contributed by atoms with Crippen LogP contribution in [0.3, 0.4) is 0 Å². The summed E-state index contributed by atoms with van der Waals surface area (Å²) < 4.78 is 0. The van der Waals surface area contributed by atoms with Gasteiger partial charge in [-0.1, -0.05) is 48.0 Å². The minimum Gasteiger partial charge on any atom is -0.506 e. The molecule has 0 fully saturated rings. The first-order valence-electron chi connectivity index (χ1n) is 9.63. The number of benzene rings is 3. The average molecular weight is 416 g/mol. The number of anilines is 1. The standard InChI is InChI=1S/C24H18ClN3O2/c25-15-11-9-14(10-12-15)20-13-21(27-19-8-4-3-7-18(19)26-20)22-23(29)16-5-1-2-6-17(16)28-24(22)30/h1-12,20,26H,13H2,(H2,28,29,30). The number of pyridine rings is 1. The van der Waals surface area contributed by atoms with Gasteiger partial charge in [-0.2, -0.15) is 0 Å². The fourth-order valence-corrected chi connectivity index (χ4v) is 3.99. The van der Waals surface area contributed by atoms with Crippen molar-refractivity contribution < 1.29 is 5.11 Å². The normalized spacial score (nSPS) is 15.8. The van der Waals surface area contributed by atoms with E-state index in [0.29, 0.717) is 28.1 Å². The van der Waals surface area contributed by atoms with Gasteiger partial charge >= 0.3 is 0 Å². The van der Waals surface area contributed by atoms with Crippen LogP contribution in [0.1, 0.15) is 23.6 Å². The van der Waals surface area contributed by atoms with E-state index >= 15 is 0 Å². The van der Waals surface area contributed by atoms with Crippen molar-refractivity contribution in [2.75, 3.05) is 5.32 Å². The van der Waals surface area contributed by atoms with Crippen LogP contribution in [-0.4, -0.2) is 15.8 Å². The fraction of sp³-hybridized carbons (Fsp3) is 0.0833. The topological polar surface area (TPSA) is 77.5 Å². The quantitative estimate of drug-likeness (QED) is 0.400. The Morgan fingerprint density at radius 3 is 2.53 bits per heavy atom. The predicted molar refractivity (Wildman–Crippen MR) is 121 cm³/mol. The molecular weight excluding hydrogens is 398 g/mol. The summed E-state index contributed by atoms with van der Waals surface area (Å²) >= 11 is 6.06. The summed E-state index contributed by atoms with van der Waals surface area (Å²) in [6.45, 7) is 0. The number of para-hydroxylation sites is 3. The maximum Gasteiger partial charge on any atom is 0.261 e. The molecule has 6 heteroatoms. The average Bonchev–Trinajstić information content (AvgIpc) is 2.94. The van der Waals surface area contributed by atoms with Crippen LogP contribution in [0, 0.1) is 0 Å². The van der Waals surface area contributed by atoms with Crippen molar-refractivity contribution in [3.8, 4) is 5.75 Å². The number of fused-ring (bicyclic) bond motifs is 2. The van der Waals surface area contributed by atoms with Crippen LogP contribution in [0.2, 0.25) is 5.02 Å². The monoisotopic (exact) mass is 415 g/mol. The Balaban J connectivity index is 1.70. The van der Waals surface area contributed by atoms with Crippen LogP contribution in [0.5, 0.6) is 5.75 Å². The van der Waals surface area contributed by atoms with Gasteiger partial charge in [0.25, 0.3) is 5.56 Å². The second-order valence-corrected chi connectivity index (χ2v) is 7.69. The summed E-state index contributed by atoms with van der Waals surface area (Å²) in [6.07, 6.45) is 0.422. The van der Waals surface area contributed by atoms with Crippen molar-refractivity contribution in [2.45, 2.75) is 12.5 Å². The number of hydrogen-bond donors (Lipinski definition) is 3. The van der Waals surface area contributed by atoms with Crippen molar-refractivity contribution in [3.63, 3.8) is 0 Å². The molecule has 0 aliphatic carbocycles. The molecule has 30 heavy (non-hydrogen) atoms. The van der Waals surface area contributed by atoms with E-state index in [-0.39, 0.29) is 22.9 Å². The first kappa shape index (κ1) is 18.5. The summed E-state index contributed by atoms with van der Waals surface area (Å²) in [6, 6.07) is 22.3. The maximum atomic E-state index is 12.9. The van der Waals surface area contributed by atoms with Gasteiger partial charge in [-0.3, -0.25) is 9.79 Å². The lowest BCUT2D eigenvalue weighted by Gasteiger charge is -2.19. The summed E-state index contributed by atoms with van der Waals surface area (Å²) in [4.78, 5) is 20.6. The van der Waals surface area contributed by atoms with Crippen LogP contribution in [0.15, 0.2) is 82.6 Å². The molecule has 0 spiro atoms. The highest BCUT2D eigenvalue weighted by Crippen LogP contribution is 2.37. The highest BCUT2D eigenvalue weighted by atomic mass is 35.5. The first-order valence-corrected chi connectivity index (χ1v) is 10.0. The largest absolute Gasteiger partial charge is 0.506 e. The molecule has 0 amide bonds. The zero-order valence-corrected chi connectivity index (χ0v) is 16.6. The van der Waals surface area contributed by atoms with Gasteiger partial charge in [0.05, 0.1) is 28.6 Å². The lowest BCUT2D eigenvalue weighted by atomic mass is 9.96. The Morgan fingerprint density at radius 1 is 0.967 bits per heavy atom. The minimum atomic E-state index is -0.362. The number of hydrogen-bond acceptors (Lipinski definition) is 4. The number of nitrogens with zero attached hydrogens (tertiary/aromatic N) is 1. The van der Waals surface area contributed by atoms with Crippen molar-refractivity contribution in [1.29, 1.82) is 0 Å². The second-order valence-electron chi connectivity index (χ2n) is 7.25. The third-order valence-corrected chi connectivity index (χ3v) is 5.59. The molecule has 3 aromatic carbocycles. The Labute approximate surface area is 177 Å². The molecule has 1 unspecified atom stereocenters. The van der Waals surface area contributed by atoms with Gasteiger partial charge in [-0.05, 0) is 42.0 Å². The highest BCUT2D eigenvalue weighted by molar-refractivity contribution is 6.30. The lowest BCUT2D eigenvalue weighted by Crippen LogP contribution is -2.21. The number of H-pyrrole nitrogens is 1. The number of aliphatic imine (C=N–C) groups is 1. The molecule has 148 valence electrons. The van der Waals surface area contributed by atoms with Crippen LogP contribution in [0.25, 0.3) is 10.9 Å². The van der Waals surface area contributed by atoms with Crippen molar-refractivity contribution >= 4 is 39.6 Å². The molecule has 0 saturated heterocycles. The van der Waals surface area contributed by atoms with E-state index < -0.39 is 0 Å². The van der Waals surface area contributed by atoms with E-state index in [4.69, 9.17) is 16.6 Å². The van der Waals surface area contributed by atoms with E-state index in [1.807, 2.05) is 60.7 Å². The van der Waals surface area contributed by atoms with Crippen LogP contribution in [-0.2, 0) is 0 Å². The Bertz CT molecular complexity index is 1340. The molecular formula is C24H18ClN3O2. The number of halogens is 1. The Kier molecular flexibility index (Phi) is 4.52. The van der Waals surface area contributed by atoms with Gasteiger partial charge in [0.2, 0.25) is 0 Å². The number of aromatic amines is 1. The van der Waals surface area contributed by atoms with Crippen molar-refractivity contribution in [1.82, 2.24) is 4.98 Å². The number of nitrogens with one attached hydrogen (secondary N) is 2. The number of aromatic nitrogens is 1. The summed E-state index contributed by atoms with van der Waals surface area (Å²) in [7, 11) is 0. The van der Waals surface area contributed by atoms with Crippen LogP contribution < -0.4 is 10.9 Å². The predicted octanol–water partition coefficient (Wildman–Crippen LogP) is 5.56. The minimum absolute atomic E-state index is 0.0534. The highest BCUT2D eigenvalue weighted by Gasteiger charge is 2.25. The summed E-state index contributed by atoms with van der Waals surface area (Å²) in [5, 5.41) is 15.7. The second kappa shape index (κ2) is 7.35. The number of aromatic hydroxyl groups is 1. The third-order valence-electron chi connectivity index (χ3n) is 5.34. The van der Waals surface area contributed by atoms with Gasteiger partial charge < -0.3 is 15.4 Å². The van der Waals surface area contributed by atoms with E-state index in [1.54, 1.807) is 12.1 Å². The smallest absolute Gasteiger partial charge is 0.261 e. The molecule has 4 aromatic rings. The molecule has 1 aliphatic heterocycles. The SMILES string of the molecule is O=c1[nH]c2ccccc2c(O)c1C1=Nc2ccccc2NC(c2ccc(Cl)cc2)C1. The Morgan fingerprint density at radius 2 is 1.70 bits per heavy atom. The maximum absolute atomic E-state index is 12.9. The van der Waals surface area contributed by atoms with Gasteiger partial charge in [-0.25, -0.2) is 0 Å². The Hall–Kier alpha value is -3.57. The van der Waals surface area contributed by atoms with Gasteiger partial charge in [0, 0.05) is 16.8 Å². The van der Waals surface area contributed by atoms with Gasteiger partial charge in [-0.15, -0.1) is 0 Å². The van der Waals surface area contributed by atoms with Crippen LogP contribution >= 0.6 is 11.6 Å². The number of rotatable bonds is 2. The van der Waals surface area contributed by atoms with E-state index in [0.717, 1.165) is 16.9 Å². The van der Waals surface area contributed by atoms with Crippen molar-refractivity contribution in [3.05, 3.63) is 99.3 Å². The summed E-state index contributed by atoms with van der Waals surface area (Å²) in [5.74, 6) is -0.0534. The van der Waals surface area contributed by atoms with Crippen molar-refractivity contribution in [2.24, 2.45) is 4.99 Å². The molecule has 5 nitrogen and oxygen atoms in total. The summed E-state index contributed by atoms with van der Waals surface area (Å²) in [5.41, 5.74) is 3.55. The molecule has 2 heterocycles. The van der Waals surface area contributed by atoms with Gasteiger partial charge in [0.15, 0.2) is 0 Å². The zero-order valence-electron chi connectivity index (χ0n) is 15.9. The van der Waals surface area contributed by atoms with Gasteiger partial charge in [0.1, 0.15) is 11.3 Å². The molecule has 1 aromatic heterocycles. The fourth-order valence-electron chi connectivity index (χ4n) is 3.86. The van der Waals surface area contributed by atoms with Crippen LogP contribution in [0.4, 0.5) is 11.4 Å². The molecule has 0 radical (unpaired) electrons. The van der Waals surface area contributed by atoms with E-state index in [2.05, 4.69) is 10.3 Å². The lowest BCUT2D eigenvalue weighted by molar-refractivity contribution is 0.479. The third kappa shape index (κ3) is 3.23. The molecule has 0 bridgehead atoms. The first-order chi connectivity index (χ1) is 14.6. The molecule has 1 aliphatic rings. The zero-order chi connectivity index (χ0) is 20.7. The van der Waals surface area contributed by atoms with E-state index in [1.165, 1.54) is 0 Å². The molecule has 0 saturated carbocycles.